The number of pyridine rings is 1. The minimum absolute atomic E-state index is 0.140. The summed E-state index contributed by atoms with van der Waals surface area (Å²) in [7, 11) is 0. The predicted octanol–water partition coefficient (Wildman–Crippen LogP) is 3.87. The van der Waals surface area contributed by atoms with Crippen molar-refractivity contribution >= 4 is 35.1 Å². The van der Waals surface area contributed by atoms with E-state index in [4.69, 9.17) is 16.3 Å². The van der Waals surface area contributed by atoms with Crippen LogP contribution in [-0.4, -0.2) is 42.0 Å². The molecule has 34 heavy (non-hydrogen) atoms. The fraction of sp³-hybridized carbons (Fsp3) is 0.440. The summed E-state index contributed by atoms with van der Waals surface area (Å²) < 4.78 is 5.11. The molecule has 1 aromatic heterocycles. The Kier molecular flexibility index (Phi) is 7.80. The first-order valence-electron chi connectivity index (χ1n) is 11.7. The number of amides is 2. The van der Waals surface area contributed by atoms with Gasteiger partial charge in [-0.25, -0.2) is 0 Å². The topological polar surface area (TPSA) is 109 Å². The van der Waals surface area contributed by atoms with Crippen LogP contribution in [0.15, 0.2) is 36.5 Å². The molecule has 1 aromatic carbocycles. The van der Waals surface area contributed by atoms with Crippen molar-refractivity contribution in [1.82, 2.24) is 15.6 Å². The van der Waals surface area contributed by atoms with Crippen molar-refractivity contribution in [1.29, 1.82) is 0 Å². The third-order valence-corrected chi connectivity index (χ3v) is 6.27. The van der Waals surface area contributed by atoms with Crippen LogP contribution in [0, 0.1) is 5.92 Å². The van der Waals surface area contributed by atoms with Gasteiger partial charge in [0.2, 0.25) is 0 Å². The highest BCUT2D eigenvalue weighted by Gasteiger charge is 2.29. The van der Waals surface area contributed by atoms with E-state index in [1.807, 2.05) is 0 Å². The maximum atomic E-state index is 13.0. The molecule has 2 fully saturated rings. The smallest absolute Gasteiger partial charge is 0.306 e. The number of carbonyl (C=O) groups excluding carboxylic acids is 3. The highest BCUT2D eigenvalue weighted by molar-refractivity contribution is 6.31. The molecule has 9 heteroatoms. The number of hydrogen-bond donors (Lipinski definition) is 3. The number of hydrogen-bond acceptors (Lipinski definition) is 6. The van der Waals surface area contributed by atoms with Crippen molar-refractivity contribution in [2.45, 2.75) is 51.1 Å². The normalized spacial score (nSPS) is 19.8. The van der Waals surface area contributed by atoms with Crippen LogP contribution in [0.3, 0.4) is 0 Å². The summed E-state index contributed by atoms with van der Waals surface area (Å²) in [6, 6.07) is 8.36. The van der Waals surface area contributed by atoms with E-state index in [1.54, 1.807) is 43.5 Å². The van der Waals surface area contributed by atoms with Crippen molar-refractivity contribution in [2.75, 3.05) is 18.5 Å². The molecule has 2 amide bonds. The Morgan fingerprint density at radius 1 is 1.15 bits per heavy atom. The summed E-state index contributed by atoms with van der Waals surface area (Å²) in [5.41, 5.74) is 1.88. The highest BCUT2D eigenvalue weighted by Crippen LogP contribution is 2.33. The van der Waals surface area contributed by atoms with Gasteiger partial charge in [0.25, 0.3) is 11.8 Å². The van der Waals surface area contributed by atoms with Crippen molar-refractivity contribution in [3.8, 4) is 0 Å². The zero-order valence-electron chi connectivity index (χ0n) is 19.1. The van der Waals surface area contributed by atoms with Gasteiger partial charge < -0.3 is 20.7 Å². The van der Waals surface area contributed by atoms with Gasteiger partial charge in [0, 0.05) is 29.2 Å². The Bertz CT molecular complexity index is 1070. The third kappa shape index (κ3) is 6.33. The van der Waals surface area contributed by atoms with Gasteiger partial charge in [0.15, 0.2) is 0 Å². The molecular weight excluding hydrogens is 456 g/mol. The van der Waals surface area contributed by atoms with Crippen LogP contribution in [0.2, 0.25) is 5.02 Å². The fourth-order valence-corrected chi connectivity index (χ4v) is 4.33. The number of halogens is 1. The van der Waals surface area contributed by atoms with Gasteiger partial charge in [0.1, 0.15) is 0 Å². The minimum atomic E-state index is -0.343. The zero-order valence-corrected chi connectivity index (χ0v) is 19.9. The van der Waals surface area contributed by atoms with E-state index < -0.39 is 0 Å². The Labute approximate surface area is 203 Å². The Morgan fingerprint density at radius 2 is 1.97 bits per heavy atom. The average molecular weight is 485 g/mol. The summed E-state index contributed by atoms with van der Waals surface area (Å²) in [6.45, 7) is 2.86. The van der Waals surface area contributed by atoms with Gasteiger partial charge in [-0.15, -0.1) is 0 Å². The van der Waals surface area contributed by atoms with E-state index >= 15 is 0 Å². The number of esters is 1. The first-order chi connectivity index (χ1) is 16.4. The largest absolute Gasteiger partial charge is 0.466 e. The molecule has 2 heterocycles. The van der Waals surface area contributed by atoms with Crippen LogP contribution >= 0.6 is 11.6 Å². The summed E-state index contributed by atoms with van der Waals surface area (Å²) in [5, 5.41) is 9.77. The molecule has 2 unspecified atom stereocenters. The number of rotatable bonds is 8. The molecule has 1 saturated carbocycles. The quantitative estimate of drug-likeness (QED) is 0.491. The lowest BCUT2D eigenvalue weighted by Gasteiger charge is -2.30. The molecule has 1 aliphatic carbocycles. The second-order valence-electron chi connectivity index (χ2n) is 8.78. The maximum Gasteiger partial charge on any atom is 0.306 e. The van der Waals surface area contributed by atoms with Crippen molar-refractivity contribution < 1.29 is 19.1 Å². The van der Waals surface area contributed by atoms with Crippen LogP contribution < -0.4 is 16.0 Å². The van der Waals surface area contributed by atoms with Crippen LogP contribution in [0.1, 0.15) is 71.5 Å². The van der Waals surface area contributed by atoms with Gasteiger partial charge in [0.05, 0.1) is 29.6 Å². The van der Waals surface area contributed by atoms with E-state index in [0.717, 1.165) is 19.3 Å². The molecule has 2 aliphatic rings. The number of nitrogens with zero attached hydrogens (tertiary/aromatic N) is 1. The lowest BCUT2D eigenvalue weighted by atomic mass is 9.87. The number of ether oxygens (including phenoxy) is 1. The first kappa shape index (κ1) is 24.2. The van der Waals surface area contributed by atoms with Gasteiger partial charge in [-0.3, -0.25) is 19.4 Å². The van der Waals surface area contributed by atoms with Gasteiger partial charge in [-0.1, -0.05) is 17.7 Å². The van der Waals surface area contributed by atoms with Gasteiger partial charge in [-0.2, -0.15) is 0 Å². The SMILES string of the molecule is CCOC(=O)CC1CCNC(c2ncc(C(=O)NC3CC3)cc2NC(=O)c2cccc(Cl)c2)C1. The number of benzene rings is 1. The minimum Gasteiger partial charge on any atom is -0.466 e. The second kappa shape index (κ2) is 11.0. The highest BCUT2D eigenvalue weighted by atomic mass is 35.5. The van der Waals surface area contributed by atoms with E-state index in [1.165, 1.54) is 0 Å². The second-order valence-corrected chi connectivity index (χ2v) is 9.21. The average Bonchev–Trinajstić information content (AvgIpc) is 3.63. The molecule has 8 nitrogen and oxygen atoms in total. The molecule has 2 atom stereocenters. The predicted molar refractivity (Wildman–Crippen MR) is 129 cm³/mol. The number of aromatic nitrogens is 1. The summed E-state index contributed by atoms with van der Waals surface area (Å²) >= 11 is 6.05. The molecule has 0 bridgehead atoms. The first-order valence-corrected chi connectivity index (χ1v) is 12.1. The molecule has 4 rings (SSSR count). The molecule has 2 aromatic rings. The van der Waals surface area contributed by atoms with E-state index in [9.17, 15) is 14.4 Å². The number of piperidine rings is 1. The Balaban J connectivity index is 1.57. The fourth-order valence-electron chi connectivity index (χ4n) is 4.14. The van der Waals surface area contributed by atoms with Crippen LogP contribution in [0.4, 0.5) is 5.69 Å². The van der Waals surface area contributed by atoms with E-state index in [2.05, 4.69) is 20.9 Å². The zero-order chi connectivity index (χ0) is 24.1. The third-order valence-electron chi connectivity index (χ3n) is 6.03. The molecule has 180 valence electrons. The van der Waals surface area contributed by atoms with E-state index in [-0.39, 0.29) is 35.8 Å². The molecule has 1 aliphatic heterocycles. The molecule has 0 spiro atoms. The molecule has 0 radical (unpaired) electrons. The Morgan fingerprint density at radius 3 is 2.71 bits per heavy atom. The summed E-state index contributed by atoms with van der Waals surface area (Å²) in [4.78, 5) is 42.2. The molecule has 3 N–H and O–H groups in total. The van der Waals surface area contributed by atoms with Crippen molar-refractivity contribution in [3.05, 3.63) is 58.4 Å². The van der Waals surface area contributed by atoms with Crippen LogP contribution in [-0.2, 0) is 9.53 Å². The monoisotopic (exact) mass is 484 g/mol. The van der Waals surface area contributed by atoms with E-state index in [0.29, 0.717) is 53.5 Å². The number of carbonyl (C=O) groups is 3. The van der Waals surface area contributed by atoms with Gasteiger partial charge in [-0.05, 0) is 69.3 Å². The van der Waals surface area contributed by atoms with Crippen LogP contribution in [0.5, 0.6) is 0 Å². The lowest BCUT2D eigenvalue weighted by Crippen LogP contribution is -2.34. The van der Waals surface area contributed by atoms with Crippen molar-refractivity contribution in [2.24, 2.45) is 5.92 Å². The number of nitrogens with one attached hydrogen (secondary N) is 3. The molecular formula is C25H29ClN4O4. The van der Waals surface area contributed by atoms with Crippen LogP contribution in [0.25, 0.3) is 0 Å². The standard InChI is InChI=1S/C25H29ClN4O4/c1-2-34-22(31)11-15-8-9-27-20(10-15)23-21(30-24(32)16-4-3-5-18(26)12-16)13-17(14-28-23)25(33)29-19-6-7-19/h3-5,12-15,19-20,27H,2,6-11H2,1H3,(H,29,33)(H,30,32). The maximum absolute atomic E-state index is 13.0. The molecule has 1 saturated heterocycles. The summed E-state index contributed by atoms with van der Waals surface area (Å²) in [5.74, 6) is -0.620. The number of anilines is 1. The Hall–Kier alpha value is -2.97. The lowest BCUT2D eigenvalue weighted by molar-refractivity contribution is -0.144. The van der Waals surface area contributed by atoms with Crippen molar-refractivity contribution in [3.63, 3.8) is 0 Å². The van der Waals surface area contributed by atoms with Gasteiger partial charge >= 0.3 is 5.97 Å². The summed E-state index contributed by atoms with van der Waals surface area (Å²) in [6.07, 6.45) is 5.35.